The summed E-state index contributed by atoms with van der Waals surface area (Å²) in [4.78, 5) is 13.1. The second-order valence-corrected chi connectivity index (χ2v) is 5.16. The van der Waals surface area contributed by atoms with E-state index in [1.807, 2.05) is 26.1 Å². The van der Waals surface area contributed by atoms with E-state index in [9.17, 15) is 0 Å². The fourth-order valence-corrected chi connectivity index (χ4v) is 2.02. The quantitative estimate of drug-likeness (QED) is 0.356. The van der Waals surface area contributed by atoms with Crippen molar-refractivity contribution >= 4 is 29.9 Å². The van der Waals surface area contributed by atoms with Gasteiger partial charge in [0.05, 0.1) is 19.7 Å². The van der Waals surface area contributed by atoms with Gasteiger partial charge in [-0.25, -0.2) is 15.0 Å². The lowest BCUT2D eigenvalue weighted by Crippen LogP contribution is -2.37. The number of hydrogen-bond acceptors (Lipinski definition) is 5. The molecule has 0 aliphatic rings. The summed E-state index contributed by atoms with van der Waals surface area (Å²) in [6, 6.07) is 3.87. The molecule has 0 atom stereocenters. The fourth-order valence-electron chi connectivity index (χ4n) is 2.02. The summed E-state index contributed by atoms with van der Waals surface area (Å²) in [6.45, 7) is 6.56. The first kappa shape index (κ1) is 21.1. The van der Waals surface area contributed by atoms with Crippen molar-refractivity contribution in [3.63, 3.8) is 0 Å². The van der Waals surface area contributed by atoms with Gasteiger partial charge in [-0.3, -0.25) is 4.68 Å². The standard InChI is InChI=1S/C16H25N7O.HI/c1-4-9-24-15-13(7-6-8-18-15)10-19-16(17-5-2)20-11-14-21-12-22-23(14)3;/h6-8,12H,4-5,9-11H2,1-3H3,(H2,17,19,20);1H. The Morgan fingerprint density at radius 1 is 1.28 bits per heavy atom. The Morgan fingerprint density at radius 2 is 2.12 bits per heavy atom. The molecule has 2 heterocycles. The molecule has 0 aliphatic heterocycles. The number of aryl methyl sites for hydroxylation is 1. The summed E-state index contributed by atoms with van der Waals surface area (Å²) in [5.74, 6) is 2.20. The van der Waals surface area contributed by atoms with Gasteiger partial charge in [0.2, 0.25) is 5.88 Å². The lowest BCUT2D eigenvalue weighted by molar-refractivity contribution is 0.302. The second-order valence-electron chi connectivity index (χ2n) is 5.16. The molecular formula is C16H26IN7O. The van der Waals surface area contributed by atoms with Crippen LogP contribution in [0.3, 0.4) is 0 Å². The van der Waals surface area contributed by atoms with Crippen LogP contribution in [0.5, 0.6) is 5.88 Å². The minimum Gasteiger partial charge on any atom is -0.477 e. The SMILES string of the molecule is CCCOc1ncccc1CN=C(NCC)NCc1ncnn1C.I. The molecular weight excluding hydrogens is 433 g/mol. The number of nitrogens with one attached hydrogen (secondary N) is 2. The molecule has 0 spiro atoms. The van der Waals surface area contributed by atoms with Gasteiger partial charge in [0.1, 0.15) is 12.2 Å². The molecule has 8 nitrogen and oxygen atoms in total. The normalized spacial score (nSPS) is 10.9. The number of rotatable bonds is 8. The van der Waals surface area contributed by atoms with E-state index in [1.54, 1.807) is 10.9 Å². The first-order valence-corrected chi connectivity index (χ1v) is 8.16. The van der Waals surface area contributed by atoms with E-state index in [4.69, 9.17) is 4.74 Å². The van der Waals surface area contributed by atoms with E-state index < -0.39 is 0 Å². The molecule has 0 amide bonds. The van der Waals surface area contributed by atoms with Gasteiger partial charge in [0.15, 0.2) is 5.96 Å². The molecule has 2 rings (SSSR count). The maximum atomic E-state index is 5.67. The first-order valence-electron chi connectivity index (χ1n) is 8.16. The van der Waals surface area contributed by atoms with Gasteiger partial charge < -0.3 is 15.4 Å². The Kier molecular flexibility index (Phi) is 9.81. The summed E-state index contributed by atoms with van der Waals surface area (Å²) in [5.41, 5.74) is 0.960. The Balaban J connectivity index is 0.00000312. The zero-order valence-corrected chi connectivity index (χ0v) is 17.2. The fraction of sp³-hybridized carbons (Fsp3) is 0.500. The monoisotopic (exact) mass is 459 g/mol. The third-order valence-corrected chi connectivity index (χ3v) is 3.26. The van der Waals surface area contributed by atoms with Crippen LogP contribution in [0.2, 0.25) is 0 Å². The molecule has 138 valence electrons. The zero-order valence-electron chi connectivity index (χ0n) is 14.9. The Bertz CT molecular complexity index is 659. The van der Waals surface area contributed by atoms with Crippen LogP contribution < -0.4 is 15.4 Å². The van der Waals surface area contributed by atoms with Crippen LogP contribution in [0.25, 0.3) is 0 Å². The van der Waals surface area contributed by atoms with Gasteiger partial charge in [-0.1, -0.05) is 13.0 Å². The topological polar surface area (TPSA) is 89.2 Å². The van der Waals surface area contributed by atoms with E-state index in [2.05, 4.69) is 37.6 Å². The van der Waals surface area contributed by atoms with E-state index in [0.29, 0.717) is 31.5 Å². The van der Waals surface area contributed by atoms with Gasteiger partial charge >= 0.3 is 0 Å². The molecule has 0 saturated carbocycles. The lowest BCUT2D eigenvalue weighted by Gasteiger charge is -2.12. The van der Waals surface area contributed by atoms with E-state index in [-0.39, 0.29) is 24.0 Å². The van der Waals surface area contributed by atoms with Crippen LogP contribution >= 0.6 is 24.0 Å². The number of nitrogens with zero attached hydrogens (tertiary/aromatic N) is 5. The number of aliphatic imine (C=N–C) groups is 1. The van der Waals surface area contributed by atoms with Crippen molar-refractivity contribution < 1.29 is 4.74 Å². The van der Waals surface area contributed by atoms with Gasteiger partial charge in [-0.15, -0.1) is 24.0 Å². The van der Waals surface area contributed by atoms with Crippen molar-refractivity contribution in [1.82, 2.24) is 30.4 Å². The highest BCUT2D eigenvalue weighted by molar-refractivity contribution is 14.0. The van der Waals surface area contributed by atoms with Crippen molar-refractivity contribution in [1.29, 1.82) is 0 Å². The predicted octanol–water partition coefficient (Wildman–Crippen LogP) is 1.87. The smallest absolute Gasteiger partial charge is 0.218 e. The maximum absolute atomic E-state index is 5.67. The number of halogens is 1. The number of pyridine rings is 1. The van der Waals surface area contributed by atoms with Gasteiger partial charge in [-0.2, -0.15) is 5.10 Å². The Hall–Kier alpha value is -1.91. The van der Waals surface area contributed by atoms with Gasteiger partial charge in [-0.05, 0) is 19.4 Å². The largest absolute Gasteiger partial charge is 0.477 e. The first-order chi connectivity index (χ1) is 11.7. The third-order valence-electron chi connectivity index (χ3n) is 3.26. The molecule has 9 heteroatoms. The van der Waals surface area contributed by atoms with Gasteiger partial charge in [0.25, 0.3) is 0 Å². The van der Waals surface area contributed by atoms with Crippen LogP contribution in [0.1, 0.15) is 31.7 Å². The minimum absolute atomic E-state index is 0. The highest BCUT2D eigenvalue weighted by Gasteiger charge is 2.06. The van der Waals surface area contributed by atoms with E-state index in [0.717, 1.165) is 24.4 Å². The molecule has 0 radical (unpaired) electrons. The average molecular weight is 459 g/mol. The molecule has 25 heavy (non-hydrogen) atoms. The van der Waals surface area contributed by atoms with Crippen molar-refractivity contribution in [3.8, 4) is 5.88 Å². The summed E-state index contributed by atoms with van der Waals surface area (Å²) >= 11 is 0. The van der Waals surface area contributed by atoms with Crippen LogP contribution in [0.4, 0.5) is 0 Å². The van der Waals surface area contributed by atoms with Crippen LogP contribution in [0.15, 0.2) is 29.6 Å². The summed E-state index contributed by atoms with van der Waals surface area (Å²) in [7, 11) is 1.86. The van der Waals surface area contributed by atoms with Crippen molar-refractivity contribution in [2.45, 2.75) is 33.4 Å². The molecule has 2 N–H and O–H groups in total. The van der Waals surface area contributed by atoms with Crippen LogP contribution in [-0.4, -0.2) is 38.9 Å². The highest BCUT2D eigenvalue weighted by atomic mass is 127. The van der Waals surface area contributed by atoms with E-state index in [1.165, 1.54) is 6.33 Å². The lowest BCUT2D eigenvalue weighted by atomic mass is 10.3. The van der Waals surface area contributed by atoms with Crippen molar-refractivity contribution in [2.75, 3.05) is 13.2 Å². The number of guanidine groups is 1. The zero-order chi connectivity index (χ0) is 17.2. The number of aromatic nitrogens is 4. The van der Waals surface area contributed by atoms with Crippen LogP contribution in [-0.2, 0) is 20.1 Å². The summed E-state index contributed by atoms with van der Waals surface area (Å²) in [6.07, 6.45) is 4.21. The summed E-state index contributed by atoms with van der Waals surface area (Å²) < 4.78 is 7.40. The van der Waals surface area contributed by atoms with Crippen molar-refractivity contribution in [2.24, 2.45) is 12.0 Å². The molecule has 0 aromatic carbocycles. The Morgan fingerprint density at radius 3 is 2.80 bits per heavy atom. The molecule has 0 unspecified atom stereocenters. The highest BCUT2D eigenvalue weighted by Crippen LogP contribution is 2.15. The molecule has 0 bridgehead atoms. The van der Waals surface area contributed by atoms with Crippen molar-refractivity contribution in [3.05, 3.63) is 36.0 Å². The van der Waals surface area contributed by atoms with E-state index >= 15 is 0 Å². The third kappa shape index (κ3) is 6.85. The second kappa shape index (κ2) is 11.6. The number of ether oxygens (including phenoxy) is 1. The predicted molar refractivity (Wildman–Crippen MR) is 108 cm³/mol. The van der Waals surface area contributed by atoms with Gasteiger partial charge in [0, 0.05) is 25.4 Å². The molecule has 2 aromatic heterocycles. The molecule has 0 aliphatic carbocycles. The average Bonchev–Trinajstić information content (AvgIpc) is 3.01. The van der Waals surface area contributed by atoms with Crippen LogP contribution in [0, 0.1) is 0 Å². The Labute approximate surface area is 165 Å². The molecule has 0 fully saturated rings. The summed E-state index contributed by atoms with van der Waals surface area (Å²) in [5, 5.41) is 10.5. The molecule has 0 saturated heterocycles. The number of hydrogen-bond donors (Lipinski definition) is 2. The minimum atomic E-state index is 0. The molecule has 2 aromatic rings. The maximum Gasteiger partial charge on any atom is 0.218 e.